The summed E-state index contributed by atoms with van der Waals surface area (Å²) >= 11 is 0. The maximum Gasteiger partial charge on any atom is 0.120 e. The first-order valence-corrected chi connectivity index (χ1v) is 4.67. The van der Waals surface area contributed by atoms with Crippen molar-refractivity contribution in [3.05, 3.63) is 34.9 Å². The minimum atomic E-state index is 0.816. The van der Waals surface area contributed by atoms with E-state index >= 15 is 0 Å². The number of methoxy groups -OCH3 is 1. The van der Waals surface area contributed by atoms with Crippen molar-refractivity contribution in [2.75, 3.05) is 7.11 Å². The van der Waals surface area contributed by atoms with Crippen molar-refractivity contribution < 1.29 is 4.74 Å². The smallest absolute Gasteiger partial charge is 0.120 e. The molecule has 0 unspecified atom stereocenters. The Morgan fingerprint density at radius 1 is 1.43 bits per heavy atom. The van der Waals surface area contributed by atoms with Gasteiger partial charge in [-0.2, -0.15) is 0 Å². The summed E-state index contributed by atoms with van der Waals surface area (Å²) in [5, 5.41) is 0. The number of rotatable bonds is 2. The second kappa shape index (κ2) is 3.59. The van der Waals surface area contributed by atoms with Crippen LogP contribution in [0.15, 0.2) is 23.8 Å². The van der Waals surface area contributed by atoms with E-state index in [1.807, 2.05) is 18.2 Å². The summed E-state index contributed by atoms with van der Waals surface area (Å²) in [4.78, 5) is 0. The van der Waals surface area contributed by atoms with Gasteiger partial charge < -0.3 is 4.74 Å². The molecule has 1 heteroatoms. The topological polar surface area (TPSA) is 9.23 Å². The Hall–Kier alpha value is -1.68. The number of benzene rings is 1. The molecule has 0 aliphatic heterocycles. The van der Waals surface area contributed by atoms with E-state index in [0.717, 1.165) is 16.9 Å². The minimum absolute atomic E-state index is 0.816. The third kappa shape index (κ3) is 1.80. The predicted octanol–water partition coefficient (Wildman–Crippen LogP) is 2.85. The summed E-state index contributed by atoms with van der Waals surface area (Å²) in [5.41, 5.74) is 3.51. The van der Waals surface area contributed by atoms with Gasteiger partial charge in [0, 0.05) is 5.56 Å². The van der Waals surface area contributed by atoms with Gasteiger partial charge in [0.2, 0.25) is 0 Å². The van der Waals surface area contributed by atoms with Gasteiger partial charge in [-0.15, -0.1) is 6.42 Å². The molecule has 0 N–H and O–H groups in total. The van der Waals surface area contributed by atoms with Crippen molar-refractivity contribution in [1.29, 1.82) is 0 Å². The van der Waals surface area contributed by atoms with Crippen LogP contribution in [0.1, 0.15) is 24.0 Å². The van der Waals surface area contributed by atoms with Crippen LogP contribution in [0.2, 0.25) is 0 Å². The molecule has 1 aliphatic rings. The molecule has 0 radical (unpaired) electrons. The van der Waals surface area contributed by atoms with Gasteiger partial charge in [-0.25, -0.2) is 0 Å². The Bertz CT molecular complexity index is 415. The quantitative estimate of drug-likeness (QED) is 0.642. The van der Waals surface area contributed by atoms with Crippen LogP contribution in [-0.2, 0) is 0 Å². The highest BCUT2D eigenvalue weighted by atomic mass is 16.5. The van der Waals surface area contributed by atoms with Crippen LogP contribution in [0.25, 0.3) is 6.08 Å². The molecule has 1 aliphatic carbocycles. The standard InChI is InChI=1S/C13H12O/c1-3-11-9-13(14-2)7-6-12(11)8-10-4-5-10/h1,6-9H,4-5H2,2H3. The zero-order valence-corrected chi connectivity index (χ0v) is 8.21. The number of ether oxygens (including phenoxy) is 1. The van der Waals surface area contributed by atoms with Crippen LogP contribution in [-0.4, -0.2) is 7.11 Å². The van der Waals surface area contributed by atoms with Gasteiger partial charge in [0.15, 0.2) is 0 Å². The largest absolute Gasteiger partial charge is 0.497 e. The molecule has 14 heavy (non-hydrogen) atoms. The summed E-state index contributed by atoms with van der Waals surface area (Å²) < 4.78 is 5.12. The zero-order chi connectivity index (χ0) is 9.97. The van der Waals surface area contributed by atoms with Crippen LogP contribution in [0.3, 0.4) is 0 Å². The van der Waals surface area contributed by atoms with Crippen LogP contribution in [0.4, 0.5) is 0 Å². The fourth-order valence-electron chi connectivity index (χ4n) is 1.35. The summed E-state index contributed by atoms with van der Waals surface area (Å²) in [6.45, 7) is 0. The molecule has 1 fully saturated rings. The third-order valence-corrected chi connectivity index (χ3v) is 2.31. The molecule has 0 aromatic heterocycles. The van der Waals surface area contributed by atoms with Gasteiger partial charge >= 0.3 is 0 Å². The molecule has 1 saturated carbocycles. The van der Waals surface area contributed by atoms with E-state index in [1.54, 1.807) is 7.11 Å². The average Bonchev–Trinajstić information content (AvgIpc) is 3.02. The van der Waals surface area contributed by atoms with Crippen LogP contribution in [0, 0.1) is 12.3 Å². The molecule has 0 bridgehead atoms. The van der Waals surface area contributed by atoms with E-state index in [9.17, 15) is 0 Å². The lowest BCUT2D eigenvalue weighted by atomic mass is 10.1. The van der Waals surface area contributed by atoms with Crippen LogP contribution >= 0.6 is 0 Å². The second-order valence-corrected chi connectivity index (χ2v) is 3.40. The van der Waals surface area contributed by atoms with E-state index < -0.39 is 0 Å². The molecule has 2 rings (SSSR count). The molecule has 1 aromatic carbocycles. The molecule has 0 amide bonds. The second-order valence-electron chi connectivity index (χ2n) is 3.40. The van der Waals surface area contributed by atoms with Crippen LogP contribution < -0.4 is 4.74 Å². The summed E-state index contributed by atoms with van der Waals surface area (Å²) in [5.74, 6) is 3.49. The Balaban J connectivity index is 2.40. The van der Waals surface area contributed by atoms with Gasteiger partial charge in [-0.05, 0) is 30.5 Å². The Kier molecular flexibility index (Phi) is 2.28. The van der Waals surface area contributed by atoms with Gasteiger partial charge in [0.05, 0.1) is 7.11 Å². The predicted molar refractivity (Wildman–Crippen MR) is 58.1 cm³/mol. The van der Waals surface area contributed by atoms with Gasteiger partial charge in [-0.1, -0.05) is 23.6 Å². The lowest BCUT2D eigenvalue weighted by Crippen LogP contribution is -1.86. The monoisotopic (exact) mass is 184 g/mol. The van der Waals surface area contributed by atoms with Gasteiger partial charge in [-0.3, -0.25) is 0 Å². The lowest BCUT2D eigenvalue weighted by molar-refractivity contribution is 0.414. The van der Waals surface area contributed by atoms with Gasteiger partial charge in [0.1, 0.15) is 5.75 Å². The van der Waals surface area contributed by atoms with Crippen molar-refractivity contribution in [2.45, 2.75) is 12.8 Å². The van der Waals surface area contributed by atoms with Crippen molar-refractivity contribution >= 4 is 6.08 Å². The highest BCUT2D eigenvalue weighted by molar-refractivity contribution is 5.64. The van der Waals surface area contributed by atoms with Crippen molar-refractivity contribution in [2.24, 2.45) is 0 Å². The first-order chi connectivity index (χ1) is 6.83. The maximum atomic E-state index is 5.44. The lowest BCUT2D eigenvalue weighted by Gasteiger charge is -2.03. The Labute approximate surface area is 84.4 Å². The van der Waals surface area contributed by atoms with Crippen LogP contribution in [0.5, 0.6) is 5.75 Å². The van der Waals surface area contributed by atoms with E-state index in [2.05, 4.69) is 12.0 Å². The molecular formula is C13H12O. The summed E-state index contributed by atoms with van der Waals surface area (Å²) in [6, 6.07) is 5.85. The molecule has 70 valence electrons. The van der Waals surface area contributed by atoms with Crippen molar-refractivity contribution in [3.8, 4) is 18.1 Å². The number of terminal acetylenes is 1. The Morgan fingerprint density at radius 2 is 2.21 bits per heavy atom. The van der Waals surface area contributed by atoms with E-state index in [0.29, 0.717) is 0 Å². The molecular weight excluding hydrogens is 172 g/mol. The first-order valence-electron chi connectivity index (χ1n) is 4.67. The summed E-state index contributed by atoms with van der Waals surface area (Å²) in [7, 11) is 1.65. The number of allylic oxidation sites excluding steroid dienone is 1. The summed E-state index contributed by atoms with van der Waals surface area (Å²) in [6.07, 6.45) is 10.0. The molecule has 0 saturated heterocycles. The molecule has 0 spiro atoms. The zero-order valence-electron chi connectivity index (χ0n) is 8.21. The van der Waals surface area contributed by atoms with E-state index in [4.69, 9.17) is 11.2 Å². The van der Waals surface area contributed by atoms with Crippen molar-refractivity contribution in [1.82, 2.24) is 0 Å². The van der Waals surface area contributed by atoms with E-state index in [-0.39, 0.29) is 0 Å². The van der Waals surface area contributed by atoms with E-state index in [1.165, 1.54) is 18.4 Å². The minimum Gasteiger partial charge on any atom is -0.497 e. The first kappa shape index (κ1) is 8.90. The molecule has 1 aromatic rings. The van der Waals surface area contributed by atoms with Crippen molar-refractivity contribution in [3.63, 3.8) is 0 Å². The molecule has 1 nitrogen and oxygen atoms in total. The highest BCUT2D eigenvalue weighted by Gasteiger charge is 2.11. The number of hydrogen-bond donors (Lipinski definition) is 0. The molecule has 0 heterocycles. The SMILES string of the molecule is C#Cc1cc(OC)ccc1C=C1CC1. The molecule has 0 atom stereocenters. The third-order valence-electron chi connectivity index (χ3n) is 2.31. The average molecular weight is 184 g/mol. The van der Waals surface area contributed by atoms with Gasteiger partial charge in [0.25, 0.3) is 0 Å². The number of hydrogen-bond acceptors (Lipinski definition) is 1. The fraction of sp³-hybridized carbons (Fsp3) is 0.231. The fourth-order valence-corrected chi connectivity index (χ4v) is 1.35. The maximum absolute atomic E-state index is 5.44. The normalized spacial score (nSPS) is 13.3. The Morgan fingerprint density at radius 3 is 2.79 bits per heavy atom. The highest BCUT2D eigenvalue weighted by Crippen LogP contribution is 2.31.